The summed E-state index contributed by atoms with van der Waals surface area (Å²) in [6.07, 6.45) is -5.23. The highest BCUT2D eigenvalue weighted by molar-refractivity contribution is 7.17. The molecule has 0 saturated carbocycles. The van der Waals surface area contributed by atoms with E-state index in [0.717, 1.165) is 11.3 Å². The van der Waals surface area contributed by atoms with Crippen LogP contribution in [0, 0.1) is 0 Å². The predicted molar refractivity (Wildman–Crippen MR) is 63.7 cm³/mol. The van der Waals surface area contributed by atoms with Crippen molar-refractivity contribution < 1.29 is 27.8 Å². The van der Waals surface area contributed by atoms with Gasteiger partial charge in [-0.1, -0.05) is 11.3 Å². The largest absolute Gasteiger partial charge is 0.477 e. The van der Waals surface area contributed by atoms with Crippen molar-refractivity contribution in [2.24, 2.45) is 0 Å². The molecule has 0 radical (unpaired) electrons. The van der Waals surface area contributed by atoms with Gasteiger partial charge < -0.3 is 14.7 Å². The number of rotatable bonds is 6. The van der Waals surface area contributed by atoms with Crippen LogP contribution in [0.1, 0.15) is 21.8 Å². The Bertz CT molecular complexity index is 448. The van der Waals surface area contributed by atoms with Crippen LogP contribution in [-0.2, 0) is 11.3 Å². The quantitative estimate of drug-likeness (QED) is 0.873. The molecule has 0 amide bonds. The molecule has 1 N–H and O–H groups in total. The molecule has 9 heteroatoms. The lowest BCUT2D eigenvalue weighted by molar-refractivity contribution is -0.132. The molecule has 0 atom stereocenters. The molecule has 0 aliphatic rings. The third-order valence-corrected chi connectivity index (χ3v) is 3.42. The Morgan fingerprint density at radius 3 is 2.63 bits per heavy atom. The summed E-state index contributed by atoms with van der Waals surface area (Å²) in [6, 6.07) is 0. The SMILES string of the molecule is COCc1nc(N(C)CCC(F)(F)F)sc1C(=O)O. The minimum absolute atomic E-state index is 0.00520. The molecular formula is C10H13F3N2O3S. The predicted octanol–water partition coefficient (Wildman–Crippen LogP) is 2.38. The number of halogens is 3. The molecule has 19 heavy (non-hydrogen) atoms. The molecule has 1 aromatic heterocycles. The zero-order valence-electron chi connectivity index (χ0n) is 10.3. The lowest BCUT2D eigenvalue weighted by Gasteiger charge is -2.16. The number of anilines is 1. The Morgan fingerprint density at radius 1 is 1.53 bits per heavy atom. The first-order valence-corrected chi connectivity index (χ1v) is 6.06. The maximum absolute atomic E-state index is 12.1. The van der Waals surface area contributed by atoms with E-state index >= 15 is 0 Å². The first kappa shape index (κ1) is 15.7. The average molecular weight is 298 g/mol. The van der Waals surface area contributed by atoms with Crippen molar-refractivity contribution in [1.29, 1.82) is 0 Å². The van der Waals surface area contributed by atoms with Crippen LogP contribution in [0.15, 0.2) is 0 Å². The normalized spacial score (nSPS) is 11.6. The highest BCUT2D eigenvalue weighted by atomic mass is 32.1. The summed E-state index contributed by atoms with van der Waals surface area (Å²) < 4.78 is 41.1. The summed E-state index contributed by atoms with van der Waals surface area (Å²) in [6.45, 7) is -0.270. The minimum Gasteiger partial charge on any atom is -0.477 e. The van der Waals surface area contributed by atoms with Crippen LogP contribution in [0.5, 0.6) is 0 Å². The van der Waals surface area contributed by atoms with Gasteiger partial charge in [-0.2, -0.15) is 13.2 Å². The number of carboxylic acid groups (broad SMARTS) is 1. The smallest absolute Gasteiger partial charge is 0.390 e. The minimum atomic E-state index is -4.25. The third-order valence-electron chi connectivity index (χ3n) is 2.22. The van der Waals surface area contributed by atoms with Crippen LogP contribution in [-0.4, -0.2) is 42.9 Å². The Morgan fingerprint density at radius 2 is 2.16 bits per heavy atom. The van der Waals surface area contributed by atoms with Crippen molar-refractivity contribution >= 4 is 22.4 Å². The van der Waals surface area contributed by atoms with E-state index in [1.54, 1.807) is 0 Å². The summed E-state index contributed by atoms with van der Waals surface area (Å²) in [7, 11) is 2.82. The van der Waals surface area contributed by atoms with E-state index in [1.165, 1.54) is 19.1 Å². The molecule has 0 spiro atoms. The van der Waals surface area contributed by atoms with Gasteiger partial charge in [-0.3, -0.25) is 0 Å². The summed E-state index contributed by atoms with van der Waals surface area (Å²) in [5.74, 6) is -1.17. The van der Waals surface area contributed by atoms with Crippen molar-refractivity contribution in [3.05, 3.63) is 10.6 Å². The summed E-state index contributed by atoms with van der Waals surface area (Å²) >= 11 is 0.834. The molecule has 0 fully saturated rings. The molecule has 5 nitrogen and oxygen atoms in total. The van der Waals surface area contributed by atoms with Crippen molar-refractivity contribution in [3.63, 3.8) is 0 Å². The molecule has 1 rings (SSSR count). The van der Waals surface area contributed by atoms with Crippen molar-refractivity contribution in [3.8, 4) is 0 Å². The number of carboxylic acids is 1. The standard InChI is InChI=1S/C10H13F3N2O3S/c1-15(4-3-10(11,12)13)9-14-6(5-18-2)7(19-9)8(16)17/h3-5H2,1-2H3,(H,16,17). The van der Waals surface area contributed by atoms with Gasteiger partial charge in [-0.15, -0.1) is 0 Å². The Balaban J connectivity index is 2.83. The van der Waals surface area contributed by atoms with Gasteiger partial charge in [-0.25, -0.2) is 9.78 Å². The van der Waals surface area contributed by atoms with Crippen LogP contribution < -0.4 is 4.90 Å². The molecule has 0 aliphatic heterocycles. The average Bonchev–Trinajstić information content (AvgIpc) is 2.69. The zero-order chi connectivity index (χ0) is 14.6. The van der Waals surface area contributed by atoms with Gasteiger partial charge >= 0.3 is 12.1 Å². The number of hydrogen-bond donors (Lipinski definition) is 1. The Kier molecular flexibility index (Phi) is 5.12. The number of aromatic nitrogens is 1. The lowest BCUT2D eigenvalue weighted by atomic mass is 10.4. The van der Waals surface area contributed by atoms with Gasteiger partial charge in [0, 0.05) is 20.7 Å². The van der Waals surface area contributed by atoms with E-state index in [-0.39, 0.29) is 28.9 Å². The van der Waals surface area contributed by atoms with E-state index in [0.29, 0.717) is 0 Å². The van der Waals surface area contributed by atoms with E-state index in [4.69, 9.17) is 9.84 Å². The second kappa shape index (κ2) is 6.20. The van der Waals surface area contributed by atoms with Crippen LogP contribution in [0.3, 0.4) is 0 Å². The highest BCUT2D eigenvalue weighted by Crippen LogP contribution is 2.28. The van der Waals surface area contributed by atoms with Crippen molar-refractivity contribution in [2.75, 3.05) is 25.6 Å². The van der Waals surface area contributed by atoms with E-state index in [2.05, 4.69) is 4.98 Å². The number of thiazole rings is 1. The van der Waals surface area contributed by atoms with E-state index in [9.17, 15) is 18.0 Å². The molecule has 108 valence electrons. The van der Waals surface area contributed by atoms with Gasteiger partial charge in [0.15, 0.2) is 5.13 Å². The number of aromatic carboxylic acids is 1. The second-order valence-electron chi connectivity index (χ2n) is 3.80. The molecule has 1 heterocycles. The lowest BCUT2D eigenvalue weighted by Crippen LogP contribution is -2.23. The van der Waals surface area contributed by atoms with Crippen LogP contribution in [0.25, 0.3) is 0 Å². The molecule has 0 unspecified atom stereocenters. The van der Waals surface area contributed by atoms with E-state index in [1.807, 2.05) is 0 Å². The molecule has 0 saturated heterocycles. The highest BCUT2D eigenvalue weighted by Gasteiger charge is 2.28. The molecule has 0 aromatic carbocycles. The molecule has 0 aliphatic carbocycles. The molecular weight excluding hydrogens is 285 g/mol. The first-order valence-electron chi connectivity index (χ1n) is 5.24. The molecule has 0 bridgehead atoms. The number of alkyl halides is 3. The summed E-state index contributed by atoms with van der Waals surface area (Å²) in [5.41, 5.74) is 0.217. The number of nitrogens with zero attached hydrogens (tertiary/aromatic N) is 2. The zero-order valence-corrected chi connectivity index (χ0v) is 11.1. The van der Waals surface area contributed by atoms with E-state index < -0.39 is 18.6 Å². The number of carbonyl (C=O) groups is 1. The van der Waals surface area contributed by atoms with Gasteiger partial charge in [0.05, 0.1) is 18.7 Å². The topological polar surface area (TPSA) is 62.7 Å². The van der Waals surface area contributed by atoms with Crippen LogP contribution in [0.2, 0.25) is 0 Å². The first-order chi connectivity index (χ1) is 8.74. The van der Waals surface area contributed by atoms with Gasteiger partial charge in [0.2, 0.25) is 0 Å². The summed E-state index contributed by atoms with van der Waals surface area (Å²) in [5, 5.41) is 9.19. The second-order valence-corrected chi connectivity index (χ2v) is 4.77. The fourth-order valence-corrected chi connectivity index (χ4v) is 2.19. The monoisotopic (exact) mass is 298 g/mol. The Hall–Kier alpha value is -1.35. The number of hydrogen-bond acceptors (Lipinski definition) is 5. The fourth-order valence-electron chi connectivity index (χ4n) is 1.29. The number of ether oxygens (including phenoxy) is 1. The van der Waals surface area contributed by atoms with Gasteiger partial charge in [0.25, 0.3) is 0 Å². The maximum Gasteiger partial charge on any atom is 0.390 e. The van der Waals surface area contributed by atoms with Gasteiger partial charge in [-0.05, 0) is 0 Å². The maximum atomic E-state index is 12.1. The van der Waals surface area contributed by atoms with Crippen LogP contribution >= 0.6 is 11.3 Å². The van der Waals surface area contributed by atoms with Gasteiger partial charge in [0.1, 0.15) is 4.88 Å². The fraction of sp³-hybridized carbons (Fsp3) is 0.600. The third kappa shape index (κ3) is 4.67. The Labute approximate surface area is 111 Å². The summed E-state index contributed by atoms with van der Waals surface area (Å²) in [4.78, 5) is 16.2. The van der Waals surface area contributed by atoms with Crippen LogP contribution in [0.4, 0.5) is 18.3 Å². The van der Waals surface area contributed by atoms with Crippen molar-refractivity contribution in [1.82, 2.24) is 4.98 Å². The number of methoxy groups -OCH3 is 1. The molecule has 1 aromatic rings. The van der Waals surface area contributed by atoms with Crippen molar-refractivity contribution in [2.45, 2.75) is 19.2 Å².